The largest absolute Gasteiger partial charge is 0.397 e. The highest BCUT2D eigenvalue weighted by molar-refractivity contribution is 14.1. The second-order valence-electron chi connectivity index (χ2n) is 4.97. The summed E-state index contributed by atoms with van der Waals surface area (Å²) < 4.78 is 1.17. The van der Waals surface area contributed by atoms with Gasteiger partial charge in [-0.05, 0) is 52.6 Å². The van der Waals surface area contributed by atoms with E-state index in [4.69, 9.17) is 5.73 Å². The molecule has 3 N–H and O–H groups in total. The van der Waals surface area contributed by atoms with Crippen molar-refractivity contribution in [3.63, 3.8) is 0 Å². The van der Waals surface area contributed by atoms with Crippen molar-refractivity contribution in [3.8, 4) is 0 Å². The molecule has 0 amide bonds. The minimum Gasteiger partial charge on any atom is -0.397 e. The van der Waals surface area contributed by atoms with Gasteiger partial charge in [-0.15, -0.1) is 0 Å². The Balaban J connectivity index is 2.51. The molecule has 3 heteroatoms. The highest BCUT2D eigenvalue weighted by atomic mass is 127. The van der Waals surface area contributed by atoms with E-state index in [2.05, 4.69) is 54.7 Å². The van der Waals surface area contributed by atoms with Gasteiger partial charge in [0.05, 0.1) is 11.4 Å². The first-order chi connectivity index (χ1) is 6.88. The molecule has 2 nitrogen and oxygen atoms in total. The van der Waals surface area contributed by atoms with Crippen molar-refractivity contribution in [2.75, 3.05) is 17.6 Å². The molecule has 0 aliphatic rings. The number of rotatable bonds is 3. The topological polar surface area (TPSA) is 38.0 Å². The lowest BCUT2D eigenvalue weighted by Gasteiger charge is -2.19. The van der Waals surface area contributed by atoms with Crippen molar-refractivity contribution in [1.82, 2.24) is 0 Å². The summed E-state index contributed by atoms with van der Waals surface area (Å²) in [6.07, 6.45) is 1.14. The highest BCUT2D eigenvalue weighted by Crippen LogP contribution is 2.23. The van der Waals surface area contributed by atoms with Gasteiger partial charge in [-0.25, -0.2) is 0 Å². The molecule has 0 unspecified atom stereocenters. The van der Waals surface area contributed by atoms with Gasteiger partial charge in [-0.2, -0.15) is 0 Å². The van der Waals surface area contributed by atoms with Crippen LogP contribution in [0.5, 0.6) is 0 Å². The Bertz CT molecular complexity index is 329. The SMILES string of the molecule is CC(C)(C)CCNc1ccc(I)cc1N. The third-order valence-electron chi connectivity index (χ3n) is 2.20. The maximum Gasteiger partial charge on any atom is 0.0574 e. The molecule has 0 atom stereocenters. The predicted octanol–water partition coefficient (Wildman–Crippen LogP) is 3.72. The quantitative estimate of drug-likeness (QED) is 0.658. The van der Waals surface area contributed by atoms with Crippen LogP contribution in [-0.4, -0.2) is 6.54 Å². The van der Waals surface area contributed by atoms with Gasteiger partial charge in [0.15, 0.2) is 0 Å². The predicted molar refractivity (Wildman–Crippen MR) is 76.1 cm³/mol. The summed E-state index contributed by atoms with van der Waals surface area (Å²) in [4.78, 5) is 0. The van der Waals surface area contributed by atoms with Gasteiger partial charge in [-0.1, -0.05) is 20.8 Å². The number of nitrogens with two attached hydrogens (primary N) is 1. The lowest BCUT2D eigenvalue weighted by atomic mass is 9.92. The number of nitrogen functional groups attached to an aromatic ring is 1. The van der Waals surface area contributed by atoms with Crippen molar-refractivity contribution in [2.24, 2.45) is 5.41 Å². The number of hydrogen-bond donors (Lipinski definition) is 2. The molecule has 0 fully saturated rings. The molecule has 15 heavy (non-hydrogen) atoms. The van der Waals surface area contributed by atoms with Gasteiger partial charge >= 0.3 is 0 Å². The number of anilines is 2. The van der Waals surface area contributed by atoms with Gasteiger partial charge in [0.25, 0.3) is 0 Å². The van der Waals surface area contributed by atoms with Crippen LogP contribution in [0.25, 0.3) is 0 Å². The molecule has 0 saturated heterocycles. The zero-order valence-corrected chi connectivity index (χ0v) is 11.8. The Labute approximate surface area is 106 Å². The second kappa shape index (κ2) is 5.05. The normalized spacial score (nSPS) is 11.5. The second-order valence-corrected chi connectivity index (χ2v) is 6.21. The molecule has 0 aliphatic carbocycles. The lowest BCUT2D eigenvalue weighted by molar-refractivity contribution is 0.390. The van der Waals surface area contributed by atoms with Crippen LogP contribution in [0.2, 0.25) is 0 Å². The van der Waals surface area contributed by atoms with Crippen molar-refractivity contribution in [3.05, 3.63) is 21.8 Å². The maximum absolute atomic E-state index is 5.90. The van der Waals surface area contributed by atoms with E-state index in [1.165, 1.54) is 3.57 Å². The van der Waals surface area contributed by atoms with Crippen LogP contribution in [-0.2, 0) is 0 Å². The molecule has 0 radical (unpaired) electrons. The summed E-state index contributed by atoms with van der Waals surface area (Å²) in [6, 6.07) is 6.09. The molecule has 0 aliphatic heterocycles. The molecule has 84 valence electrons. The summed E-state index contributed by atoms with van der Waals surface area (Å²) in [7, 11) is 0. The molecule has 0 aromatic heterocycles. The van der Waals surface area contributed by atoms with Crippen LogP contribution in [0.15, 0.2) is 18.2 Å². The van der Waals surface area contributed by atoms with Crippen molar-refractivity contribution >= 4 is 34.0 Å². The molecular formula is C12H19IN2. The molecule has 1 aromatic rings. The monoisotopic (exact) mass is 318 g/mol. The van der Waals surface area contributed by atoms with Gasteiger partial charge in [-0.3, -0.25) is 0 Å². The Morgan fingerprint density at radius 3 is 2.53 bits per heavy atom. The average molecular weight is 318 g/mol. The first-order valence-corrected chi connectivity index (χ1v) is 6.25. The molecule has 1 rings (SSSR count). The molecule has 0 saturated carbocycles. The van der Waals surface area contributed by atoms with E-state index in [0.717, 1.165) is 24.3 Å². The van der Waals surface area contributed by atoms with E-state index in [9.17, 15) is 0 Å². The Morgan fingerprint density at radius 1 is 1.33 bits per heavy atom. The van der Waals surface area contributed by atoms with Gasteiger partial charge in [0, 0.05) is 10.1 Å². The van der Waals surface area contributed by atoms with E-state index in [1.807, 2.05) is 12.1 Å². The van der Waals surface area contributed by atoms with Crippen LogP contribution in [0.1, 0.15) is 27.2 Å². The number of halogens is 1. The van der Waals surface area contributed by atoms with Crippen LogP contribution < -0.4 is 11.1 Å². The Kier molecular flexibility index (Phi) is 4.25. The van der Waals surface area contributed by atoms with Crippen molar-refractivity contribution < 1.29 is 0 Å². The van der Waals surface area contributed by atoms with Gasteiger partial charge in [0.1, 0.15) is 0 Å². The summed E-state index contributed by atoms with van der Waals surface area (Å²) in [6.45, 7) is 7.69. The minimum atomic E-state index is 0.366. The standard InChI is InChI=1S/C12H19IN2/c1-12(2,3)6-7-15-11-5-4-9(13)8-10(11)14/h4-5,8,15H,6-7,14H2,1-3H3. The van der Waals surface area contributed by atoms with E-state index in [1.54, 1.807) is 0 Å². The van der Waals surface area contributed by atoms with Crippen LogP contribution in [0.4, 0.5) is 11.4 Å². The molecule has 1 aromatic carbocycles. The highest BCUT2D eigenvalue weighted by Gasteiger charge is 2.09. The van der Waals surface area contributed by atoms with E-state index >= 15 is 0 Å². The number of hydrogen-bond acceptors (Lipinski definition) is 2. The van der Waals surface area contributed by atoms with Gasteiger partial charge < -0.3 is 11.1 Å². The fourth-order valence-corrected chi connectivity index (χ4v) is 1.78. The molecular weight excluding hydrogens is 299 g/mol. The van der Waals surface area contributed by atoms with Gasteiger partial charge in [0.2, 0.25) is 0 Å². The zero-order chi connectivity index (χ0) is 11.5. The zero-order valence-electron chi connectivity index (χ0n) is 9.60. The van der Waals surface area contributed by atoms with E-state index < -0.39 is 0 Å². The third-order valence-corrected chi connectivity index (χ3v) is 2.88. The number of nitrogens with one attached hydrogen (secondary N) is 1. The molecule has 0 spiro atoms. The summed E-state index contributed by atoms with van der Waals surface area (Å²) in [5.74, 6) is 0. The summed E-state index contributed by atoms with van der Waals surface area (Å²) in [5.41, 5.74) is 8.14. The summed E-state index contributed by atoms with van der Waals surface area (Å²) in [5, 5.41) is 3.37. The Morgan fingerprint density at radius 2 is 2.00 bits per heavy atom. The molecule has 0 bridgehead atoms. The van der Waals surface area contributed by atoms with E-state index in [-0.39, 0.29) is 0 Å². The lowest BCUT2D eigenvalue weighted by Crippen LogP contribution is -2.13. The first kappa shape index (κ1) is 12.6. The van der Waals surface area contributed by atoms with E-state index in [0.29, 0.717) is 5.41 Å². The fourth-order valence-electron chi connectivity index (χ4n) is 1.27. The summed E-state index contributed by atoms with van der Waals surface area (Å²) >= 11 is 2.26. The smallest absolute Gasteiger partial charge is 0.0574 e. The van der Waals surface area contributed by atoms with Crippen LogP contribution in [0, 0.1) is 8.99 Å². The average Bonchev–Trinajstić information content (AvgIpc) is 2.07. The maximum atomic E-state index is 5.90. The van der Waals surface area contributed by atoms with Crippen molar-refractivity contribution in [2.45, 2.75) is 27.2 Å². The van der Waals surface area contributed by atoms with Crippen LogP contribution in [0.3, 0.4) is 0 Å². The first-order valence-electron chi connectivity index (χ1n) is 5.17. The third kappa shape index (κ3) is 4.73. The van der Waals surface area contributed by atoms with Crippen LogP contribution >= 0.6 is 22.6 Å². The molecule has 0 heterocycles. The minimum absolute atomic E-state index is 0.366. The fraction of sp³-hybridized carbons (Fsp3) is 0.500. The Hall–Kier alpha value is -0.450. The van der Waals surface area contributed by atoms with Crippen molar-refractivity contribution in [1.29, 1.82) is 0 Å². The number of benzene rings is 1.